The molecular formula is C49H54N10O14S2. The second kappa shape index (κ2) is 23.1. The average Bonchev–Trinajstić information content (AvgIpc) is 4.24. The summed E-state index contributed by atoms with van der Waals surface area (Å²) in [5.74, 6) is 0.964. The number of rotatable bonds is 24. The van der Waals surface area contributed by atoms with Crippen molar-refractivity contribution < 1.29 is 63.9 Å². The first-order valence-electron chi connectivity index (χ1n) is 23.4. The Morgan fingerprint density at radius 2 is 1.09 bits per heavy atom. The summed E-state index contributed by atoms with van der Waals surface area (Å²) in [5, 5.41) is 22.8. The van der Waals surface area contributed by atoms with E-state index in [0.29, 0.717) is 64.0 Å². The van der Waals surface area contributed by atoms with E-state index in [0.717, 1.165) is 16.7 Å². The third-order valence-electron chi connectivity index (χ3n) is 11.6. The summed E-state index contributed by atoms with van der Waals surface area (Å²) in [6, 6.07) is 16.3. The van der Waals surface area contributed by atoms with Crippen molar-refractivity contribution in [2.24, 2.45) is 0 Å². The molecule has 8 aromatic rings. The van der Waals surface area contributed by atoms with E-state index in [-0.39, 0.29) is 77.9 Å². The number of sulfonamides is 2. The summed E-state index contributed by atoms with van der Waals surface area (Å²) >= 11 is 0. The second-order valence-electron chi connectivity index (χ2n) is 16.6. The lowest BCUT2D eigenvalue weighted by Crippen LogP contribution is -2.25. The molecule has 0 spiro atoms. The number of aryl methyl sites for hydroxylation is 2. The largest absolute Gasteiger partial charge is 0.496 e. The Balaban J connectivity index is 0.854. The Kier molecular flexibility index (Phi) is 16.3. The molecule has 0 unspecified atom stereocenters. The van der Waals surface area contributed by atoms with Crippen molar-refractivity contribution in [2.75, 3.05) is 50.6 Å². The molecule has 4 N–H and O–H groups in total. The van der Waals surface area contributed by atoms with Crippen molar-refractivity contribution in [1.29, 1.82) is 0 Å². The Hall–Kier alpha value is -8.52. The first-order chi connectivity index (χ1) is 36.1. The fraction of sp³-hybridized carbons (Fsp3) is 0.306. The molecule has 4 aromatic heterocycles. The lowest BCUT2D eigenvalue weighted by molar-refractivity contribution is 0.124. The number of carbonyl (C=O) groups excluding carboxylic acids is 2. The molecule has 0 bridgehead atoms. The molecule has 0 saturated heterocycles. The van der Waals surface area contributed by atoms with Gasteiger partial charge in [0.15, 0.2) is 22.8 Å². The Labute approximate surface area is 430 Å². The summed E-state index contributed by atoms with van der Waals surface area (Å²) in [6.45, 7) is 6.29. The van der Waals surface area contributed by atoms with E-state index < -0.39 is 32.2 Å². The van der Waals surface area contributed by atoms with Crippen molar-refractivity contribution in [1.82, 2.24) is 40.5 Å². The third kappa shape index (κ3) is 12.5. The van der Waals surface area contributed by atoms with Gasteiger partial charge in [-0.1, -0.05) is 36.3 Å². The molecule has 24 nitrogen and oxygen atoms in total. The average molecular weight is 1070 g/mol. The number of ether oxygens (including phenoxy) is 6. The molecule has 0 saturated carbocycles. The number of methoxy groups -OCH3 is 3. The quantitative estimate of drug-likeness (QED) is 0.0454. The smallest absolute Gasteiger partial charge is 0.407 e. The van der Waals surface area contributed by atoms with Gasteiger partial charge in [-0.05, 0) is 79.4 Å². The number of aromatic nitrogens is 6. The Morgan fingerprint density at radius 3 is 1.61 bits per heavy atom. The number of amides is 2. The lowest BCUT2D eigenvalue weighted by atomic mass is 10.1. The van der Waals surface area contributed by atoms with Crippen LogP contribution in [0.3, 0.4) is 0 Å². The molecule has 75 heavy (non-hydrogen) atoms. The number of nitrogens with zero attached hydrogens (tertiary/aromatic N) is 6. The SMILES string of the molecule is CCOc1cc2c(NS(=O)(=O)c3cc(CC)ccc3OCCOC(=O)NCc3cnn(Cc4cc5onc(NS(=O)(=O)c6cc(CC)ccc6OC)c5cc4OC)c3)noc2cc1Cn1cc(CNC(=O)OC)cn1. The number of carbonyl (C=O) groups is 2. The molecular weight excluding hydrogens is 1020 g/mol. The maximum Gasteiger partial charge on any atom is 0.407 e. The second-order valence-corrected chi connectivity index (χ2v) is 19.9. The van der Waals surface area contributed by atoms with Gasteiger partial charge in [0.05, 0.1) is 64.2 Å². The van der Waals surface area contributed by atoms with Gasteiger partial charge in [0, 0.05) is 47.7 Å². The summed E-state index contributed by atoms with van der Waals surface area (Å²) < 4.78 is 107. The molecule has 0 radical (unpaired) electrons. The minimum absolute atomic E-state index is 0.0142. The van der Waals surface area contributed by atoms with Crippen molar-refractivity contribution >= 4 is 65.8 Å². The molecule has 8 rings (SSSR count). The van der Waals surface area contributed by atoms with Crippen LogP contribution in [0.25, 0.3) is 21.9 Å². The van der Waals surface area contributed by atoms with Crippen LogP contribution in [0.2, 0.25) is 0 Å². The first kappa shape index (κ1) is 52.8. The molecule has 0 aliphatic heterocycles. The summed E-state index contributed by atoms with van der Waals surface area (Å²) in [5.41, 5.74) is 4.83. The van der Waals surface area contributed by atoms with Crippen LogP contribution in [-0.4, -0.2) is 100 Å². The van der Waals surface area contributed by atoms with Gasteiger partial charge in [0.1, 0.15) is 46.0 Å². The highest BCUT2D eigenvalue weighted by Crippen LogP contribution is 2.36. The summed E-state index contributed by atoms with van der Waals surface area (Å²) in [6.07, 6.45) is 6.49. The molecule has 396 valence electrons. The van der Waals surface area contributed by atoms with Crippen molar-refractivity contribution in [3.63, 3.8) is 0 Å². The Bertz CT molecular complexity index is 3570. The van der Waals surface area contributed by atoms with Gasteiger partial charge in [0.2, 0.25) is 0 Å². The van der Waals surface area contributed by atoms with Crippen LogP contribution < -0.4 is 39.0 Å². The van der Waals surface area contributed by atoms with Crippen LogP contribution in [0.4, 0.5) is 21.2 Å². The van der Waals surface area contributed by atoms with E-state index in [4.69, 9.17) is 32.7 Å². The Morgan fingerprint density at radius 1 is 0.587 bits per heavy atom. The maximum atomic E-state index is 14.0. The van der Waals surface area contributed by atoms with Gasteiger partial charge in [-0.15, -0.1) is 0 Å². The van der Waals surface area contributed by atoms with E-state index in [2.05, 4.69) is 45.3 Å². The van der Waals surface area contributed by atoms with Crippen molar-refractivity contribution in [3.8, 4) is 23.0 Å². The van der Waals surface area contributed by atoms with Gasteiger partial charge in [-0.2, -0.15) is 10.2 Å². The minimum atomic E-state index is -4.34. The van der Waals surface area contributed by atoms with Crippen LogP contribution in [0.5, 0.6) is 23.0 Å². The van der Waals surface area contributed by atoms with Crippen LogP contribution in [-0.2, 0) is 68.5 Å². The number of anilines is 2. The molecule has 0 fully saturated rings. The molecule has 0 aliphatic rings. The molecule has 4 heterocycles. The predicted octanol–water partition coefficient (Wildman–Crippen LogP) is 6.76. The van der Waals surface area contributed by atoms with Gasteiger partial charge in [-0.25, -0.2) is 26.4 Å². The molecule has 4 aromatic carbocycles. The van der Waals surface area contributed by atoms with E-state index in [1.807, 2.05) is 20.8 Å². The number of hydrogen-bond acceptors (Lipinski definition) is 18. The van der Waals surface area contributed by atoms with Crippen molar-refractivity contribution in [3.05, 3.63) is 119 Å². The molecule has 26 heteroatoms. The number of nitrogens with one attached hydrogen (secondary N) is 4. The third-order valence-corrected chi connectivity index (χ3v) is 14.3. The predicted molar refractivity (Wildman–Crippen MR) is 271 cm³/mol. The van der Waals surface area contributed by atoms with Gasteiger partial charge < -0.3 is 48.1 Å². The molecule has 2 amide bonds. The zero-order valence-electron chi connectivity index (χ0n) is 41.7. The van der Waals surface area contributed by atoms with Crippen molar-refractivity contribution in [2.45, 2.75) is 69.6 Å². The van der Waals surface area contributed by atoms with Crippen LogP contribution in [0, 0.1) is 0 Å². The van der Waals surface area contributed by atoms with E-state index in [1.165, 1.54) is 33.5 Å². The van der Waals surface area contributed by atoms with Gasteiger partial charge in [0.25, 0.3) is 20.0 Å². The normalized spacial score (nSPS) is 11.6. The van der Waals surface area contributed by atoms with Crippen LogP contribution in [0.1, 0.15) is 54.2 Å². The van der Waals surface area contributed by atoms with Crippen LogP contribution >= 0.6 is 0 Å². The zero-order chi connectivity index (χ0) is 53.3. The highest BCUT2D eigenvalue weighted by atomic mass is 32.2. The fourth-order valence-electron chi connectivity index (χ4n) is 7.78. The first-order valence-corrected chi connectivity index (χ1v) is 26.3. The molecule has 0 atom stereocenters. The van der Waals surface area contributed by atoms with Crippen LogP contribution in [0.15, 0.2) is 104 Å². The van der Waals surface area contributed by atoms with Gasteiger partial charge in [-0.3, -0.25) is 18.8 Å². The van der Waals surface area contributed by atoms with Gasteiger partial charge >= 0.3 is 12.2 Å². The summed E-state index contributed by atoms with van der Waals surface area (Å²) in [7, 11) is -4.31. The topological polar surface area (TPSA) is 294 Å². The number of fused-ring (bicyclic) bond motifs is 2. The van der Waals surface area contributed by atoms with E-state index in [9.17, 15) is 26.4 Å². The monoisotopic (exact) mass is 1070 g/mol. The lowest BCUT2D eigenvalue weighted by Gasteiger charge is -2.14. The maximum absolute atomic E-state index is 14.0. The van der Waals surface area contributed by atoms with E-state index in [1.54, 1.807) is 82.7 Å². The number of benzene rings is 4. The number of alkyl carbamates (subject to hydrolysis) is 2. The fourth-order valence-corrected chi connectivity index (χ4v) is 10.2. The highest BCUT2D eigenvalue weighted by Gasteiger charge is 2.27. The highest BCUT2D eigenvalue weighted by molar-refractivity contribution is 7.93. The van der Waals surface area contributed by atoms with E-state index >= 15 is 0 Å². The zero-order valence-corrected chi connectivity index (χ0v) is 43.3. The molecule has 0 aliphatic carbocycles. The summed E-state index contributed by atoms with van der Waals surface area (Å²) in [4.78, 5) is 24.0. The number of hydrogen-bond donors (Lipinski definition) is 4. The minimum Gasteiger partial charge on any atom is -0.496 e. The standard InChI is InChI=1S/C49H54N10O14S2/c1-7-30-10-12-38(66-4)44(16-30)74(62,63)56-46-36-20-40(67-5)34(18-42(36)72-54-46)28-58-27-33(25-52-58)23-51-49(61)71-15-14-70-39-13-11-31(8-2)17-45(39)75(64,65)57-47-37-21-41(69-9-3)35(19-43(37)73-55-47)29-59-26-32(24-53-59)22-50-48(60)68-6/h10-13,16-21,24-27H,7-9,14-15,22-23,28-29H2,1-6H3,(H,50,60)(H,51,61)(H,54,56)(H,55,57).